The molecule has 1 amide bonds. The molecule has 0 atom stereocenters. The summed E-state index contributed by atoms with van der Waals surface area (Å²) >= 11 is 0. The fourth-order valence-corrected chi connectivity index (χ4v) is 1.10. The Morgan fingerprint density at radius 3 is 2.57 bits per heavy atom. The summed E-state index contributed by atoms with van der Waals surface area (Å²) in [6.07, 6.45) is 0.786. The zero-order valence-corrected chi connectivity index (χ0v) is 7.95. The summed E-state index contributed by atoms with van der Waals surface area (Å²) in [6.45, 7) is 0. The Bertz CT molecular complexity index is 295. The quantitative estimate of drug-likeness (QED) is 0.733. The maximum absolute atomic E-state index is 10.7. The summed E-state index contributed by atoms with van der Waals surface area (Å²) in [5.41, 5.74) is 2.35. The zero-order chi connectivity index (χ0) is 10.4. The number of hydrogen-bond donors (Lipinski definition) is 1. The third-order valence-electron chi connectivity index (χ3n) is 1.91. The zero-order valence-electron chi connectivity index (χ0n) is 7.95. The van der Waals surface area contributed by atoms with Crippen LogP contribution in [0.4, 0.5) is 0 Å². The van der Waals surface area contributed by atoms with Crippen LogP contribution in [0.3, 0.4) is 0 Å². The predicted molar refractivity (Wildman–Crippen MR) is 52.8 cm³/mol. The summed E-state index contributed by atoms with van der Waals surface area (Å²) in [5, 5.41) is 9.93. The van der Waals surface area contributed by atoms with Crippen molar-refractivity contribution in [3.63, 3.8) is 0 Å². The Hall–Kier alpha value is -1.55. The van der Waals surface area contributed by atoms with Crippen LogP contribution in [0.25, 0.3) is 0 Å². The Labute approximate surface area is 82.5 Å². The highest BCUT2D eigenvalue weighted by molar-refractivity contribution is 5.76. The number of rotatable bonds is 4. The summed E-state index contributed by atoms with van der Waals surface area (Å²) in [7, 11) is 1.60. The molecule has 0 saturated heterocycles. The molecule has 4 nitrogen and oxygen atoms in total. The van der Waals surface area contributed by atoms with Crippen LogP contribution in [0.5, 0.6) is 5.75 Å². The van der Waals surface area contributed by atoms with Gasteiger partial charge in [-0.3, -0.25) is 4.79 Å². The number of amides is 1. The van der Waals surface area contributed by atoms with E-state index in [2.05, 4.69) is 0 Å². The molecule has 0 fully saturated rings. The highest BCUT2D eigenvalue weighted by atomic mass is 16.5. The van der Waals surface area contributed by atoms with E-state index in [0.717, 1.165) is 11.3 Å². The number of hydrogen-bond acceptors (Lipinski definition) is 3. The molecule has 0 spiro atoms. The van der Waals surface area contributed by atoms with Crippen molar-refractivity contribution in [2.75, 3.05) is 7.11 Å². The first-order chi connectivity index (χ1) is 6.76. The third kappa shape index (κ3) is 3.06. The first kappa shape index (κ1) is 10.5. The van der Waals surface area contributed by atoms with E-state index >= 15 is 0 Å². The van der Waals surface area contributed by atoms with Crippen LogP contribution < -0.4 is 10.2 Å². The number of ether oxygens (including phenoxy) is 1. The van der Waals surface area contributed by atoms with Crippen molar-refractivity contribution in [1.29, 1.82) is 0 Å². The van der Waals surface area contributed by atoms with Gasteiger partial charge in [-0.25, -0.2) is 0 Å². The van der Waals surface area contributed by atoms with Gasteiger partial charge in [0.25, 0.3) is 0 Å². The molecule has 0 unspecified atom stereocenters. The summed E-state index contributed by atoms with van der Waals surface area (Å²) in [5.74, 6) is 0.294. The van der Waals surface area contributed by atoms with Crippen LogP contribution in [0.2, 0.25) is 0 Å². The van der Waals surface area contributed by atoms with E-state index in [-0.39, 0.29) is 6.42 Å². The number of carbonyl (C=O) groups is 1. The van der Waals surface area contributed by atoms with Gasteiger partial charge >= 0.3 is 0 Å². The second-order valence-electron chi connectivity index (χ2n) is 2.87. The molecular weight excluding hydrogens is 182 g/mol. The van der Waals surface area contributed by atoms with Crippen molar-refractivity contribution in [2.45, 2.75) is 12.8 Å². The molecule has 0 heterocycles. The molecule has 0 aliphatic rings. The highest BCUT2D eigenvalue weighted by Gasteiger charge is 1.98. The van der Waals surface area contributed by atoms with E-state index in [0.29, 0.717) is 6.42 Å². The lowest BCUT2D eigenvalue weighted by atomic mass is 10.1. The smallest absolute Gasteiger partial charge is 0.209 e. The minimum Gasteiger partial charge on any atom is -0.759 e. The molecular formula is C10H12NO3-. The molecule has 4 heteroatoms. The first-order valence-electron chi connectivity index (χ1n) is 4.30. The molecule has 0 bridgehead atoms. The van der Waals surface area contributed by atoms with Gasteiger partial charge in [0, 0.05) is 6.42 Å². The molecule has 0 radical (unpaired) electrons. The Kier molecular flexibility index (Phi) is 3.94. The summed E-state index contributed by atoms with van der Waals surface area (Å²) in [4.78, 5) is 10.7. The number of carbonyl (C=O) groups excluding carboxylic acids is 1. The summed E-state index contributed by atoms with van der Waals surface area (Å²) in [6, 6.07) is 7.39. The van der Waals surface area contributed by atoms with Crippen molar-refractivity contribution in [1.82, 2.24) is 5.48 Å². The largest absolute Gasteiger partial charge is 0.759 e. The molecule has 1 aromatic rings. The van der Waals surface area contributed by atoms with Crippen LogP contribution in [0, 0.1) is 5.21 Å². The fourth-order valence-electron chi connectivity index (χ4n) is 1.10. The monoisotopic (exact) mass is 194 g/mol. The van der Waals surface area contributed by atoms with E-state index in [4.69, 9.17) is 4.74 Å². The SMILES string of the molecule is COc1ccc(CCC(=O)N[O-])cc1. The van der Waals surface area contributed by atoms with Gasteiger partial charge < -0.3 is 15.4 Å². The van der Waals surface area contributed by atoms with Crippen LogP contribution >= 0.6 is 0 Å². The van der Waals surface area contributed by atoms with Crippen LogP contribution in [0.15, 0.2) is 24.3 Å². The van der Waals surface area contributed by atoms with Gasteiger partial charge in [-0.15, -0.1) is 0 Å². The normalized spacial score (nSPS) is 9.57. The van der Waals surface area contributed by atoms with Gasteiger partial charge in [0.1, 0.15) is 5.75 Å². The Morgan fingerprint density at radius 2 is 2.07 bits per heavy atom. The van der Waals surface area contributed by atoms with Gasteiger partial charge in [0.15, 0.2) is 0 Å². The fraction of sp³-hybridized carbons (Fsp3) is 0.300. The van der Waals surface area contributed by atoms with E-state index < -0.39 is 5.91 Å². The van der Waals surface area contributed by atoms with Crippen molar-refractivity contribution >= 4 is 5.91 Å². The lowest BCUT2D eigenvalue weighted by Gasteiger charge is -2.07. The number of hydroxylamine groups is 1. The molecule has 14 heavy (non-hydrogen) atoms. The maximum atomic E-state index is 10.7. The van der Waals surface area contributed by atoms with Gasteiger partial charge in [0.05, 0.1) is 7.11 Å². The second kappa shape index (κ2) is 5.24. The second-order valence-corrected chi connectivity index (χ2v) is 2.87. The highest BCUT2D eigenvalue weighted by Crippen LogP contribution is 2.12. The van der Waals surface area contributed by atoms with E-state index in [1.165, 1.54) is 5.48 Å². The minimum atomic E-state index is -0.485. The van der Waals surface area contributed by atoms with Gasteiger partial charge in [0.2, 0.25) is 5.91 Å². The van der Waals surface area contributed by atoms with Crippen LogP contribution in [0.1, 0.15) is 12.0 Å². The van der Waals surface area contributed by atoms with Crippen LogP contribution in [-0.4, -0.2) is 13.0 Å². The standard InChI is InChI=1S/C10H12NO3/c1-14-9-5-2-8(3-6-9)4-7-10(12)11-13/h2-3,5-6H,4,7H2,1H3,(H-,11,12,13)/q-1. The minimum absolute atomic E-state index is 0.218. The van der Waals surface area contributed by atoms with Crippen molar-refractivity contribution in [3.8, 4) is 5.75 Å². The molecule has 0 aliphatic carbocycles. The lowest BCUT2D eigenvalue weighted by Crippen LogP contribution is -2.15. The Morgan fingerprint density at radius 1 is 1.43 bits per heavy atom. The van der Waals surface area contributed by atoms with E-state index in [1.54, 1.807) is 7.11 Å². The topological polar surface area (TPSA) is 61.4 Å². The molecule has 1 rings (SSSR count). The Balaban J connectivity index is 2.47. The van der Waals surface area contributed by atoms with Gasteiger partial charge in [-0.2, -0.15) is 0 Å². The van der Waals surface area contributed by atoms with Crippen molar-refractivity contribution in [3.05, 3.63) is 35.0 Å². The number of aryl methyl sites for hydroxylation is 1. The van der Waals surface area contributed by atoms with Gasteiger partial charge in [-0.05, 0) is 24.1 Å². The lowest BCUT2D eigenvalue weighted by molar-refractivity contribution is -0.120. The molecule has 0 aromatic heterocycles. The predicted octanol–water partition coefficient (Wildman–Crippen LogP) is 1.24. The number of nitrogens with one attached hydrogen (secondary N) is 1. The van der Waals surface area contributed by atoms with Gasteiger partial charge in [-0.1, -0.05) is 12.1 Å². The molecule has 0 aliphatic heterocycles. The molecule has 0 saturated carbocycles. The molecule has 1 aromatic carbocycles. The number of methoxy groups -OCH3 is 1. The van der Waals surface area contributed by atoms with Crippen LogP contribution in [-0.2, 0) is 11.2 Å². The van der Waals surface area contributed by atoms with E-state index in [1.807, 2.05) is 24.3 Å². The molecule has 76 valence electrons. The maximum Gasteiger partial charge on any atom is 0.209 e. The number of benzene rings is 1. The average Bonchev–Trinajstić information content (AvgIpc) is 2.26. The average molecular weight is 194 g/mol. The molecule has 1 N–H and O–H groups in total. The van der Waals surface area contributed by atoms with Crippen molar-refractivity contribution < 1.29 is 9.53 Å². The van der Waals surface area contributed by atoms with Crippen molar-refractivity contribution in [2.24, 2.45) is 0 Å². The first-order valence-corrected chi connectivity index (χ1v) is 4.30. The van der Waals surface area contributed by atoms with E-state index in [9.17, 15) is 10.0 Å². The summed E-state index contributed by atoms with van der Waals surface area (Å²) < 4.78 is 4.99. The third-order valence-corrected chi connectivity index (χ3v) is 1.91.